The van der Waals surface area contributed by atoms with Gasteiger partial charge in [0.1, 0.15) is 5.69 Å². The van der Waals surface area contributed by atoms with Gasteiger partial charge in [-0.15, -0.1) is 0 Å². The number of benzene rings is 1. The number of amides is 2. The summed E-state index contributed by atoms with van der Waals surface area (Å²) in [5.74, 6) is -0.0639. The SMILES string of the molecule is CCOC(=O)N1CCC(NC(=O)c2cc3ccc(C)cc3n2C)CC1. The Labute approximate surface area is 147 Å². The summed E-state index contributed by atoms with van der Waals surface area (Å²) >= 11 is 0. The first-order valence-corrected chi connectivity index (χ1v) is 8.78. The average molecular weight is 343 g/mol. The molecule has 0 aliphatic carbocycles. The van der Waals surface area contributed by atoms with Crippen molar-refractivity contribution in [1.29, 1.82) is 0 Å². The third kappa shape index (κ3) is 3.62. The number of carbonyl (C=O) groups is 2. The number of rotatable bonds is 3. The normalized spacial score (nSPS) is 15.4. The molecular weight excluding hydrogens is 318 g/mol. The zero-order valence-electron chi connectivity index (χ0n) is 15.0. The number of nitrogens with zero attached hydrogens (tertiary/aromatic N) is 2. The molecule has 0 saturated carbocycles. The fourth-order valence-electron chi connectivity index (χ4n) is 3.34. The monoisotopic (exact) mass is 343 g/mol. The van der Waals surface area contributed by atoms with Crippen molar-refractivity contribution in [1.82, 2.24) is 14.8 Å². The zero-order valence-corrected chi connectivity index (χ0v) is 15.0. The lowest BCUT2D eigenvalue weighted by Gasteiger charge is -2.31. The number of aryl methyl sites for hydroxylation is 2. The van der Waals surface area contributed by atoms with Gasteiger partial charge in [0.2, 0.25) is 0 Å². The highest BCUT2D eigenvalue weighted by molar-refractivity contribution is 5.99. The molecule has 1 aromatic carbocycles. The molecule has 1 fully saturated rings. The van der Waals surface area contributed by atoms with E-state index in [0.29, 0.717) is 25.4 Å². The standard InChI is InChI=1S/C19H25N3O3/c1-4-25-19(24)22-9-7-15(8-10-22)20-18(23)17-12-14-6-5-13(2)11-16(14)21(17)3/h5-6,11-12,15H,4,7-10H2,1-3H3,(H,20,23). The molecule has 0 bridgehead atoms. The first-order valence-electron chi connectivity index (χ1n) is 8.78. The summed E-state index contributed by atoms with van der Waals surface area (Å²) in [6.07, 6.45) is 1.22. The van der Waals surface area contributed by atoms with E-state index in [1.807, 2.05) is 30.7 Å². The maximum absolute atomic E-state index is 12.7. The molecule has 0 radical (unpaired) electrons. The third-order valence-corrected chi connectivity index (χ3v) is 4.79. The van der Waals surface area contributed by atoms with Crippen LogP contribution >= 0.6 is 0 Å². The summed E-state index contributed by atoms with van der Waals surface area (Å²) in [7, 11) is 1.92. The molecule has 1 aromatic heterocycles. The van der Waals surface area contributed by atoms with Crippen LogP contribution in [0.1, 0.15) is 35.8 Å². The molecule has 134 valence electrons. The van der Waals surface area contributed by atoms with Crippen molar-refractivity contribution in [2.24, 2.45) is 7.05 Å². The minimum absolute atomic E-state index is 0.0639. The van der Waals surface area contributed by atoms with Crippen LogP contribution in [0.3, 0.4) is 0 Å². The first kappa shape index (κ1) is 17.3. The molecule has 2 amide bonds. The molecule has 6 nitrogen and oxygen atoms in total. The van der Waals surface area contributed by atoms with Crippen LogP contribution in [0.4, 0.5) is 4.79 Å². The van der Waals surface area contributed by atoms with Crippen LogP contribution in [0.15, 0.2) is 24.3 Å². The molecule has 1 aliphatic rings. The summed E-state index contributed by atoms with van der Waals surface area (Å²) in [5, 5.41) is 4.17. The minimum Gasteiger partial charge on any atom is -0.450 e. The highest BCUT2D eigenvalue weighted by atomic mass is 16.6. The summed E-state index contributed by atoms with van der Waals surface area (Å²) in [4.78, 5) is 26.1. The van der Waals surface area contributed by atoms with E-state index in [1.54, 1.807) is 11.8 Å². The Hall–Kier alpha value is -2.50. The van der Waals surface area contributed by atoms with Crippen molar-refractivity contribution >= 4 is 22.9 Å². The maximum Gasteiger partial charge on any atom is 0.409 e. The van der Waals surface area contributed by atoms with Gasteiger partial charge in [-0.2, -0.15) is 0 Å². The van der Waals surface area contributed by atoms with Crippen molar-refractivity contribution < 1.29 is 14.3 Å². The molecule has 25 heavy (non-hydrogen) atoms. The van der Waals surface area contributed by atoms with Gasteiger partial charge < -0.3 is 19.5 Å². The van der Waals surface area contributed by atoms with Crippen LogP contribution in [0, 0.1) is 6.92 Å². The second-order valence-corrected chi connectivity index (χ2v) is 6.58. The van der Waals surface area contributed by atoms with E-state index in [9.17, 15) is 9.59 Å². The number of hydrogen-bond acceptors (Lipinski definition) is 3. The van der Waals surface area contributed by atoms with E-state index in [-0.39, 0.29) is 18.0 Å². The fraction of sp³-hybridized carbons (Fsp3) is 0.474. The number of aromatic nitrogens is 1. The van der Waals surface area contributed by atoms with Crippen molar-refractivity contribution in [2.45, 2.75) is 32.7 Å². The van der Waals surface area contributed by atoms with E-state index >= 15 is 0 Å². The van der Waals surface area contributed by atoms with Gasteiger partial charge in [-0.3, -0.25) is 4.79 Å². The molecular formula is C19H25N3O3. The number of likely N-dealkylation sites (tertiary alicyclic amines) is 1. The van der Waals surface area contributed by atoms with Gasteiger partial charge in [-0.05, 0) is 44.4 Å². The molecule has 0 spiro atoms. The summed E-state index contributed by atoms with van der Waals surface area (Å²) in [6.45, 7) is 5.45. The van der Waals surface area contributed by atoms with Crippen molar-refractivity contribution in [3.63, 3.8) is 0 Å². The quantitative estimate of drug-likeness (QED) is 0.932. The van der Waals surface area contributed by atoms with Gasteiger partial charge in [0.15, 0.2) is 0 Å². The van der Waals surface area contributed by atoms with Gasteiger partial charge in [-0.1, -0.05) is 12.1 Å². The molecule has 0 atom stereocenters. The van der Waals surface area contributed by atoms with Crippen LogP contribution in [-0.2, 0) is 11.8 Å². The average Bonchev–Trinajstić information content (AvgIpc) is 2.92. The predicted octanol–water partition coefficient (Wildman–Crippen LogP) is 2.84. The Morgan fingerprint density at radius 3 is 2.64 bits per heavy atom. The number of carbonyl (C=O) groups excluding carboxylic acids is 2. The molecule has 0 unspecified atom stereocenters. The summed E-state index contributed by atoms with van der Waals surface area (Å²) < 4.78 is 6.96. The third-order valence-electron chi connectivity index (χ3n) is 4.79. The van der Waals surface area contributed by atoms with Gasteiger partial charge in [-0.25, -0.2) is 4.79 Å². The molecule has 3 rings (SSSR count). The van der Waals surface area contributed by atoms with Crippen LogP contribution < -0.4 is 5.32 Å². The highest BCUT2D eigenvalue weighted by Gasteiger charge is 2.25. The number of piperidine rings is 1. The first-order chi connectivity index (χ1) is 12.0. The predicted molar refractivity (Wildman–Crippen MR) is 96.7 cm³/mol. The topological polar surface area (TPSA) is 63.6 Å². The highest BCUT2D eigenvalue weighted by Crippen LogP contribution is 2.21. The van der Waals surface area contributed by atoms with E-state index < -0.39 is 0 Å². The van der Waals surface area contributed by atoms with E-state index in [2.05, 4.69) is 17.4 Å². The summed E-state index contributed by atoms with van der Waals surface area (Å²) in [5.41, 5.74) is 2.89. The zero-order chi connectivity index (χ0) is 18.0. The molecule has 1 saturated heterocycles. The number of nitrogens with one attached hydrogen (secondary N) is 1. The second kappa shape index (κ2) is 7.17. The second-order valence-electron chi connectivity index (χ2n) is 6.58. The maximum atomic E-state index is 12.7. The Morgan fingerprint density at radius 1 is 1.24 bits per heavy atom. The van der Waals surface area contributed by atoms with E-state index in [0.717, 1.165) is 23.7 Å². The molecule has 6 heteroatoms. The van der Waals surface area contributed by atoms with Crippen LogP contribution in [0.5, 0.6) is 0 Å². The molecule has 1 N–H and O–H groups in total. The van der Waals surface area contributed by atoms with E-state index in [1.165, 1.54) is 5.56 Å². The Kier molecular flexibility index (Phi) is 4.97. The van der Waals surface area contributed by atoms with Gasteiger partial charge >= 0.3 is 6.09 Å². The lowest BCUT2D eigenvalue weighted by atomic mass is 10.1. The lowest BCUT2D eigenvalue weighted by Crippen LogP contribution is -2.46. The molecule has 2 aromatic rings. The largest absolute Gasteiger partial charge is 0.450 e. The van der Waals surface area contributed by atoms with E-state index in [4.69, 9.17) is 4.74 Å². The van der Waals surface area contributed by atoms with Crippen molar-refractivity contribution in [2.75, 3.05) is 19.7 Å². The van der Waals surface area contributed by atoms with Crippen LogP contribution in [0.2, 0.25) is 0 Å². The summed E-state index contributed by atoms with van der Waals surface area (Å²) in [6, 6.07) is 8.19. The molecule has 2 heterocycles. The number of hydrogen-bond donors (Lipinski definition) is 1. The number of ether oxygens (including phenoxy) is 1. The Bertz CT molecular complexity index is 789. The van der Waals surface area contributed by atoms with Crippen LogP contribution in [-0.4, -0.2) is 47.2 Å². The minimum atomic E-state index is -0.267. The Balaban J connectivity index is 1.64. The Morgan fingerprint density at radius 2 is 1.96 bits per heavy atom. The van der Waals surface area contributed by atoms with Crippen molar-refractivity contribution in [3.8, 4) is 0 Å². The van der Waals surface area contributed by atoms with Gasteiger partial charge in [0, 0.05) is 37.1 Å². The number of fused-ring (bicyclic) bond motifs is 1. The van der Waals surface area contributed by atoms with Crippen molar-refractivity contribution in [3.05, 3.63) is 35.5 Å². The fourth-order valence-corrected chi connectivity index (χ4v) is 3.34. The van der Waals surface area contributed by atoms with Gasteiger partial charge in [0.25, 0.3) is 5.91 Å². The smallest absolute Gasteiger partial charge is 0.409 e. The van der Waals surface area contributed by atoms with Crippen LogP contribution in [0.25, 0.3) is 10.9 Å². The molecule has 1 aliphatic heterocycles. The lowest BCUT2D eigenvalue weighted by molar-refractivity contribution is 0.0855. The van der Waals surface area contributed by atoms with Gasteiger partial charge in [0.05, 0.1) is 6.61 Å².